The van der Waals surface area contributed by atoms with E-state index in [1.807, 2.05) is 6.92 Å². The fraction of sp³-hybridized carbons (Fsp3) is 0.522. The van der Waals surface area contributed by atoms with Crippen molar-refractivity contribution in [3.63, 3.8) is 0 Å². The van der Waals surface area contributed by atoms with Crippen molar-refractivity contribution in [3.8, 4) is 0 Å². The number of hydrogen-bond donors (Lipinski definition) is 2. The third-order valence-electron chi connectivity index (χ3n) is 6.28. The second kappa shape index (κ2) is 9.08. The fourth-order valence-corrected chi connectivity index (χ4v) is 4.86. The standard InChI is InChI=1S/C23H31N5S/c1-18-16-20(28-14-8-9-15-28)26-21(25-18)27-22(29)24-17-23(12-6-3-7-13-23)19-10-4-2-5-11-19/h2,4-5,10-11,16H,3,6-9,12-15,17H2,1H3,(H2,24,25,26,27,29). The summed E-state index contributed by atoms with van der Waals surface area (Å²) in [6.45, 7) is 4.99. The Balaban J connectivity index is 1.42. The van der Waals surface area contributed by atoms with Crippen molar-refractivity contribution in [3.05, 3.63) is 47.7 Å². The Kier molecular flexibility index (Phi) is 6.28. The highest BCUT2D eigenvalue weighted by Gasteiger charge is 2.33. The van der Waals surface area contributed by atoms with E-state index in [1.54, 1.807) is 0 Å². The minimum Gasteiger partial charge on any atom is -0.361 e. The van der Waals surface area contributed by atoms with Crippen molar-refractivity contribution in [1.29, 1.82) is 0 Å². The molecule has 0 bridgehead atoms. The van der Waals surface area contributed by atoms with Gasteiger partial charge in [0.05, 0.1) is 0 Å². The van der Waals surface area contributed by atoms with Gasteiger partial charge in [0, 0.05) is 36.8 Å². The van der Waals surface area contributed by atoms with Crippen LogP contribution in [0.4, 0.5) is 11.8 Å². The quantitative estimate of drug-likeness (QED) is 0.706. The number of hydrogen-bond acceptors (Lipinski definition) is 4. The third kappa shape index (κ3) is 4.86. The zero-order valence-corrected chi connectivity index (χ0v) is 18.1. The normalized spacial score (nSPS) is 18.4. The zero-order valence-electron chi connectivity index (χ0n) is 17.3. The minimum atomic E-state index is 0.152. The molecule has 2 aromatic rings. The van der Waals surface area contributed by atoms with Gasteiger partial charge in [0.1, 0.15) is 5.82 Å². The minimum absolute atomic E-state index is 0.152. The van der Waals surface area contributed by atoms with Gasteiger partial charge in [0.15, 0.2) is 5.11 Å². The summed E-state index contributed by atoms with van der Waals surface area (Å²) in [5, 5.41) is 7.30. The van der Waals surface area contributed by atoms with E-state index in [9.17, 15) is 0 Å². The van der Waals surface area contributed by atoms with E-state index in [0.29, 0.717) is 11.1 Å². The Morgan fingerprint density at radius 1 is 1.03 bits per heavy atom. The van der Waals surface area contributed by atoms with Gasteiger partial charge in [0.25, 0.3) is 0 Å². The molecule has 1 saturated carbocycles. The van der Waals surface area contributed by atoms with Crippen LogP contribution in [0.2, 0.25) is 0 Å². The van der Waals surface area contributed by atoms with Gasteiger partial charge < -0.3 is 15.5 Å². The molecular formula is C23H31N5S. The maximum Gasteiger partial charge on any atom is 0.231 e. The van der Waals surface area contributed by atoms with Gasteiger partial charge in [-0.05, 0) is 50.4 Å². The van der Waals surface area contributed by atoms with E-state index < -0.39 is 0 Å². The SMILES string of the molecule is Cc1cc(N2CCCC2)nc(NC(=S)NCC2(c3ccccc3)CCCCC2)n1. The molecule has 1 saturated heterocycles. The van der Waals surface area contributed by atoms with Crippen LogP contribution in [0.15, 0.2) is 36.4 Å². The molecule has 0 amide bonds. The molecule has 2 N–H and O–H groups in total. The number of aromatic nitrogens is 2. The zero-order chi connectivity index (χ0) is 20.1. The lowest BCUT2D eigenvalue weighted by molar-refractivity contribution is 0.292. The highest BCUT2D eigenvalue weighted by molar-refractivity contribution is 7.80. The van der Waals surface area contributed by atoms with Crippen LogP contribution in [-0.2, 0) is 5.41 Å². The molecule has 0 spiro atoms. The second-order valence-electron chi connectivity index (χ2n) is 8.40. The number of rotatable bonds is 5. The highest BCUT2D eigenvalue weighted by Crippen LogP contribution is 2.38. The van der Waals surface area contributed by atoms with Crippen LogP contribution in [-0.4, -0.2) is 34.7 Å². The molecule has 2 fully saturated rings. The first-order valence-electron chi connectivity index (χ1n) is 10.9. The monoisotopic (exact) mass is 409 g/mol. The van der Waals surface area contributed by atoms with Crippen LogP contribution in [0.1, 0.15) is 56.2 Å². The summed E-state index contributed by atoms with van der Waals surface area (Å²) >= 11 is 5.61. The molecule has 1 aliphatic heterocycles. The van der Waals surface area contributed by atoms with Crippen LogP contribution >= 0.6 is 12.2 Å². The van der Waals surface area contributed by atoms with E-state index in [2.05, 4.69) is 56.9 Å². The summed E-state index contributed by atoms with van der Waals surface area (Å²) in [6.07, 6.45) is 8.74. The molecule has 1 aromatic carbocycles. The Hall–Kier alpha value is -2.21. The lowest BCUT2D eigenvalue weighted by atomic mass is 9.69. The van der Waals surface area contributed by atoms with E-state index >= 15 is 0 Å². The predicted molar refractivity (Wildman–Crippen MR) is 124 cm³/mol. The third-order valence-corrected chi connectivity index (χ3v) is 6.53. The first kappa shape index (κ1) is 20.1. The number of nitrogens with one attached hydrogen (secondary N) is 2. The van der Waals surface area contributed by atoms with Gasteiger partial charge in [-0.15, -0.1) is 0 Å². The number of anilines is 2. The highest BCUT2D eigenvalue weighted by atomic mass is 32.1. The molecule has 1 aliphatic carbocycles. The van der Waals surface area contributed by atoms with Gasteiger partial charge in [-0.1, -0.05) is 49.6 Å². The van der Waals surface area contributed by atoms with E-state index in [4.69, 9.17) is 17.2 Å². The lowest BCUT2D eigenvalue weighted by Gasteiger charge is -2.38. The molecule has 4 rings (SSSR count). The molecule has 154 valence electrons. The lowest BCUT2D eigenvalue weighted by Crippen LogP contribution is -2.43. The summed E-state index contributed by atoms with van der Waals surface area (Å²) in [5.41, 5.74) is 2.53. The molecule has 6 heteroatoms. The van der Waals surface area contributed by atoms with Crippen LogP contribution in [0.5, 0.6) is 0 Å². The van der Waals surface area contributed by atoms with Gasteiger partial charge in [-0.3, -0.25) is 0 Å². The first-order chi connectivity index (χ1) is 14.1. The smallest absolute Gasteiger partial charge is 0.231 e. The Morgan fingerprint density at radius 2 is 1.76 bits per heavy atom. The summed E-state index contributed by atoms with van der Waals surface area (Å²) in [6, 6.07) is 12.9. The molecular weight excluding hydrogens is 378 g/mol. The second-order valence-corrected chi connectivity index (χ2v) is 8.81. The van der Waals surface area contributed by atoms with E-state index in [-0.39, 0.29) is 5.41 Å². The molecule has 0 unspecified atom stereocenters. The summed E-state index contributed by atoms with van der Waals surface area (Å²) in [7, 11) is 0. The maximum absolute atomic E-state index is 5.61. The average molecular weight is 410 g/mol. The molecule has 2 heterocycles. The average Bonchev–Trinajstić information content (AvgIpc) is 3.28. The number of thiocarbonyl (C=S) groups is 1. The fourth-order valence-electron chi connectivity index (χ4n) is 4.70. The molecule has 2 aliphatic rings. The van der Waals surface area contributed by atoms with E-state index in [1.165, 1.54) is 50.5 Å². The largest absolute Gasteiger partial charge is 0.361 e. The predicted octanol–water partition coefficient (Wildman–Crippen LogP) is 4.57. The summed E-state index contributed by atoms with van der Waals surface area (Å²) < 4.78 is 0. The molecule has 29 heavy (non-hydrogen) atoms. The molecule has 5 nitrogen and oxygen atoms in total. The first-order valence-corrected chi connectivity index (χ1v) is 11.3. The Morgan fingerprint density at radius 3 is 2.48 bits per heavy atom. The Labute approximate surface area is 179 Å². The van der Waals surface area contributed by atoms with Crippen molar-refractivity contribution in [2.75, 3.05) is 29.9 Å². The number of aryl methyl sites for hydroxylation is 1. The van der Waals surface area contributed by atoms with Crippen LogP contribution in [0.25, 0.3) is 0 Å². The van der Waals surface area contributed by atoms with Gasteiger partial charge in [0.2, 0.25) is 5.95 Å². The van der Waals surface area contributed by atoms with Gasteiger partial charge in [-0.25, -0.2) is 4.98 Å². The number of nitrogens with zero attached hydrogens (tertiary/aromatic N) is 3. The summed E-state index contributed by atoms with van der Waals surface area (Å²) in [4.78, 5) is 11.6. The van der Waals surface area contributed by atoms with Gasteiger partial charge in [-0.2, -0.15) is 4.98 Å². The van der Waals surface area contributed by atoms with Crippen LogP contribution in [0.3, 0.4) is 0 Å². The molecule has 1 aromatic heterocycles. The van der Waals surface area contributed by atoms with Crippen LogP contribution in [0, 0.1) is 6.92 Å². The molecule has 0 atom stereocenters. The van der Waals surface area contributed by atoms with E-state index in [0.717, 1.165) is 31.1 Å². The summed E-state index contributed by atoms with van der Waals surface area (Å²) in [5.74, 6) is 1.58. The molecule has 0 radical (unpaired) electrons. The van der Waals surface area contributed by atoms with Crippen molar-refractivity contribution in [2.45, 2.75) is 57.3 Å². The Bertz CT molecular complexity index is 826. The topological polar surface area (TPSA) is 53.1 Å². The van der Waals surface area contributed by atoms with Crippen molar-refractivity contribution >= 4 is 29.1 Å². The number of benzene rings is 1. The van der Waals surface area contributed by atoms with Crippen molar-refractivity contribution in [1.82, 2.24) is 15.3 Å². The van der Waals surface area contributed by atoms with Crippen LogP contribution < -0.4 is 15.5 Å². The maximum atomic E-state index is 5.61. The van der Waals surface area contributed by atoms with Gasteiger partial charge >= 0.3 is 0 Å². The van der Waals surface area contributed by atoms with Crippen molar-refractivity contribution < 1.29 is 0 Å². The van der Waals surface area contributed by atoms with Crippen molar-refractivity contribution in [2.24, 2.45) is 0 Å².